The largest absolute Gasteiger partial charge is 0.474 e. The van der Waals surface area contributed by atoms with Gasteiger partial charge in [-0.3, -0.25) is 23.2 Å². The summed E-state index contributed by atoms with van der Waals surface area (Å²) in [6, 6.07) is 0. The van der Waals surface area contributed by atoms with Crippen LogP contribution in [-0.2, 0) is 32.5 Å². The van der Waals surface area contributed by atoms with Crippen molar-refractivity contribution >= 4 is 53.0 Å². The fraction of sp³-hybridized carbons (Fsp3) is 0.731. The molecule has 17 heteroatoms. The molecule has 13 nitrogen and oxygen atoms in total. The highest BCUT2D eigenvalue weighted by Gasteiger charge is 2.56. The normalized spacial score (nSPS) is 23.3. The van der Waals surface area contributed by atoms with E-state index in [1.165, 1.54) is 17.6 Å². The fourth-order valence-electron chi connectivity index (χ4n) is 3.88. The van der Waals surface area contributed by atoms with Crippen LogP contribution < -0.4 is 5.73 Å². The predicted molar refractivity (Wildman–Crippen MR) is 162 cm³/mol. The second-order valence-corrected chi connectivity index (χ2v) is 16.1. The van der Waals surface area contributed by atoms with E-state index in [1.807, 2.05) is 0 Å². The van der Waals surface area contributed by atoms with Crippen molar-refractivity contribution < 1.29 is 42.0 Å². The van der Waals surface area contributed by atoms with Crippen molar-refractivity contribution in [2.24, 2.45) is 10.8 Å². The highest BCUT2D eigenvalue weighted by Crippen LogP contribution is 2.52. The maximum Gasteiger partial charge on any atom is 0.474 e. The number of phosphoric ester groups is 1. The fourth-order valence-corrected chi connectivity index (χ4v) is 6.88. The third kappa shape index (κ3) is 8.97. The average Bonchev–Trinajstić information content (AvgIpc) is 3.40. The van der Waals surface area contributed by atoms with Crippen LogP contribution in [0.25, 0.3) is 5.65 Å². The van der Waals surface area contributed by atoms with E-state index in [4.69, 9.17) is 24.0 Å². The lowest BCUT2D eigenvalue weighted by molar-refractivity contribution is -0.118. The summed E-state index contributed by atoms with van der Waals surface area (Å²) < 4.78 is 53.1. The van der Waals surface area contributed by atoms with E-state index in [1.54, 1.807) is 48.5 Å². The second kappa shape index (κ2) is 13.8. The molecule has 0 bridgehead atoms. The summed E-state index contributed by atoms with van der Waals surface area (Å²) >= 11 is 2.03. The van der Waals surface area contributed by atoms with Gasteiger partial charge in [0, 0.05) is 22.3 Å². The molecule has 4 atom stereocenters. The molecule has 0 unspecified atom stereocenters. The Labute approximate surface area is 259 Å². The second-order valence-electron chi connectivity index (χ2n) is 12.3. The van der Waals surface area contributed by atoms with Crippen molar-refractivity contribution in [3.8, 4) is 0 Å². The number of phosphoric acid groups is 1. The lowest BCUT2D eigenvalue weighted by Gasteiger charge is -2.23. The number of imidazole rings is 1. The van der Waals surface area contributed by atoms with Gasteiger partial charge in [-0.2, -0.15) is 5.10 Å². The van der Waals surface area contributed by atoms with Gasteiger partial charge in [0.15, 0.2) is 27.4 Å². The zero-order valence-electron chi connectivity index (χ0n) is 25.7. The van der Waals surface area contributed by atoms with Crippen LogP contribution in [0.5, 0.6) is 0 Å². The van der Waals surface area contributed by atoms with Crippen molar-refractivity contribution in [3.63, 3.8) is 0 Å². The Balaban J connectivity index is 1.70. The molecule has 0 saturated carbocycles. The molecule has 0 spiro atoms. The average molecular weight is 666 g/mol. The van der Waals surface area contributed by atoms with Crippen LogP contribution in [0.3, 0.4) is 0 Å². The number of halogens is 1. The molecule has 2 aromatic heterocycles. The number of anilines is 1. The number of aliphatic hydroxyl groups excluding tert-OH is 1. The maximum atomic E-state index is 15.9. The Morgan fingerprint density at radius 2 is 1.65 bits per heavy atom. The molecule has 242 valence electrons. The van der Waals surface area contributed by atoms with Gasteiger partial charge >= 0.3 is 7.82 Å². The zero-order valence-corrected chi connectivity index (χ0v) is 28.2. The van der Waals surface area contributed by atoms with Gasteiger partial charge < -0.3 is 15.6 Å². The number of nitrogens with two attached hydrogens (primary N) is 1. The summed E-state index contributed by atoms with van der Waals surface area (Å²) in [5, 5.41) is 14.9. The summed E-state index contributed by atoms with van der Waals surface area (Å²) in [6.07, 6.45) is -2.97. The first kappa shape index (κ1) is 35.8. The molecule has 0 amide bonds. The van der Waals surface area contributed by atoms with Crippen LogP contribution in [0.2, 0.25) is 0 Å². The third-order valence-electron chi connectivity index (χ3n) is 6.30. The lowest BCUT2D eigenvalue weighted by atomic mass is 9.93. The number of carbonyl (C=O) groups is 2. The van der Waals surface area contributed by atoms with Gasteiger partial charge in [-0.1, -0.05) is 65.1 Å². The monoisotopic (exact) mass is 665 g/mol. The van der Waals surface area contributed by atoms with Crippen molar-refractivity contribution in [1.82, 2.24) is 19.6 Å². The summed E-state index contributed by atoms with van der Waals surface area (Å²) in [7, 11) is -4.29. The Morgan fingerprint density at radius 3 is 2.16 bits per heavy atom. The summed E-state index contributed by atoms with van der Waals surface area (Å²) in [4.78, 5) is 32.7. The van der Waals surface area contributed by atoms with Gasteiger partial charge in [0.05, 0.1) is 31.7 Å². The zero-order chi connectivity index (χ0) is 32.4. The molecule has 0 aromatic carbocycles. The molecule has 43 heavy (non-hydrogen) atoms. The van der Waals surface area contributed by atoms with Crippen molar-refractivity contribution in [2.75, 3.05) is 37.1 Å². The first-order valence-electron chi connectivity index (χ1n) is 13.6. The topological polar surface area (TPSA) is 177 Å². The van der Waals surface area contributed by atoms with E-state index in [0.29, 0.717) is 5.82 Å². The van der Waals surface area contributed by atoms with Gasteiger partial charge in [-0.05, 0) is 13.8 Å². The lowest BCUT2D eigenvalue weighted by Crippen LogP contribution is -2.39. The number of nitrogen functional groups attached to an aromatic ring is 1. The van der Waals surface area contributed by atoms with Gasteiger partial charge in [0.2, 0.25) is 0 Å². The third-order valence-corrected chi connectivity index (χ3v) is 10.3. The van der Waals surface area contributed by atoms with E-state index in [0.717, 1.165) is 23.5 Å². The van der Waals surface area contributed by atoms with Gasteiger partial charge in [0.25, 0.3) is 0 Å². The Hall–Kier alpha value is -1.65. The number of rotatable bonds is 12. The summed E-state index contributed by atoms with van der Waals surface area (Å²) in [5.41, 5.74) is 2.86. The van der Waals surface area contributed by atoms with Gasteiger partial charge in [-0.15, -0.1) is 0 Å². The summed E-state index contributed by atoms with van der Waals surface area (Å²) in [5.74, 6) is 0.771. The molecule has 3 N–H and O–H groups in total. The molecule has 1 aliphatic heterocycles. The Bertz CT molecular complexity index is 1330. The molecule has 2 aromatic rings. The minimum absolute atomic E-state index is 0.0739. The van der Waals surface area contributed by atoms with Crippen LogP contribution >= 0.6 is 31.3 Å². The first-order chi connectivity index (χ1) is 19.8. The number of hydrogen-bond acceptors (Lipinski definition) is 14. The number of nitrogens with zero attached hydrogens (tertiary/aromatic N) is 4. The van der Waals surface area contributed by atoms with Crippen LogP contribution in [-0.4, -0.2) is 84.1 Å². The van der Waals surface area contributed by atoms with Crippen LogP contribution in [0, 0.1) is 17.8 Å². The number of thioether (sulfide) groups is 2. The van der Waals surface area contributed by atoms with Crippen LogP contribution in [0.15, 0.2) is 6.20 Å². The molecule has 0 aliphatic carbocycles. The number of alkyl halides is 1. The van der Waals surface area contributed by atoms with Crippen molar-refractivity contribution in [2.45, 2.75) is 79.4 Å². The van der Waals surface area contributed by atoms with E-state index in [2.05, 4.69) is 15.1 Å². The Kier molecular flexibility index (Phi) is 11.5. The van der Waals surface area contributed by atoms with Gasteiger partial charge in [-0.25, -0.2) is 23.4 Å². The van der Waals surface area contributed by atoms with Crippen LogP contribution in [0.4, 0.5) is 10.2 Å². The molecule has 0 radical (unpaired) electrons. The molecule has 3 heterocycles. The highest BCUT2D eigenvalue weighted by molar-refractivity contribution is 8.14. The summed E-state index contributed by atoms with van der Waals surface area (Å²) in [6.45, 7) is 12.6. The minimum Gasteiger partial charge on any atom is -0.387 e. The standard InChI is InChI=1S/C26H41FN5O8PS2/c1-15-30-20(28)21-29-13-16(32(21)31-15)19-26(8,27)18(33)17(40-19)14-39-41(36,37-9-11-42-22(34)24(2,3)4)38-10-12-43-23(35)25(5,6)7/h13,17-19,33H,9-12,14H2,1-8H3,(H2,28,30,31)/t17-,18-,19+,26-/m1/s1. The molecule has 1 saturated heterocycles. The van der Waals surface area contributed by atoms with E-state index >= 15 is 4.39 Å². The predicted octanol–water partition coefficient (Wildman–Crippen LogP) is 4.31. The first-order valence-corrected chi connectivity index (χ1v) is 17.1. The molecule has 1 aliphatic rings. The van der Waals surface area contributed by atoms with Crippen molar-refractivity contribution in [3.05, 3.63) is 17.7 Å². The van der Waals surface area contributed by atoms with E-state index in [9.17, 15) is 19.3 Å². The quantitative estimate of drug-likeness (QED) is 0.242. The number of aromatic nitrogens is 4. The maximum absolute atomic E-state index is 15.9. The van der Waals surface area contributed by atoms with Crippen molar-refractivity contribution in [1.29, 1.82) is 0 Å². The van der Waals surface area contributed by atoms with E-state index in [-0.39, 0.29) is 52.1 Å². The smallest absolute Gasteiger partial charge is 0.387 e. The van der Waals surface area contributed by atoms with Gasteiger partial charge in [0.1, 0.15) is 24.1 Å². The molecule has 1 fully saturated rings. The number of aryl methyl sites for hydroxylation is 1. The molecular formula is C26H41FN5O8PS2. The Morgan fingerprint density at radius 1 is 1.12 bits per heavy atom. The molecule has 3 rings (SSSR count). The van der Waals surface area contributed by atoms with Crippen LogP contribution in [0.1, 0.15) is 66.1 Å². The number of carbonyl (C=O) groups excluding carboxylic acids is 2. The number of aliphatic hydroxyl groups is 1. The number of fused-ring (bicyclic) bond motifs is 1. The van der Waals surface area contributed by atoms with E-state index < -0.39 is 49.2 Å². The number of ether oxygens (including phenoxy) is 1. The SMILES string of the molecule is Cc1nc(N)c2ncc([C@@H]3O[C@H](COP(=O)(OCCSC(=O)C(C)(C)C)OCCSC(=O)C(C)(C)C)[C@@H](O)[C@@]3(C)F)n2n1. The molecular weight excluding hydrogens is 624 g/mol. The number of hydrogen-bond donors (Lipinski definition) is 2. The highest BCUT2D eigenvalue weighted by atomic mass is 32.2. The minimum atomic E-state index is -4.29.